The van der Waals surface area contributed by atoms with E-state index in [-0.39, 0.29) is 17.5 Å². The number of aliphatic hydroxyl groups excluding tert-OH is 10. The molecule has 55 heavy (non-hydrogen) atoms. The van der Waals surface area contributed by atoms with Gasteiger partial charge in [-0.05, 0) is 39.1 Å². The van der Waals surface area contributed by atoms with Crippen molar-refractivity contribution in [3.63, 3.8) is 0 Å². The molecule has 306 valence electrons. The monoisotopic (exact) mass is 786 g/mol. The zero-order valence-electron chi connectivity index (χ0n) is 29.7. The molecule has 3 aliphatic carbocycles. The van der Waals surface area contributed by atoms with Crippen molar-refractivity contribution in [3.05, 3.63) is 46.2 Å². The van der Waals surface area contributed by atoms with Gasteiger partial charge in [0.15, 0.2) is 17.7 Å². The first-order valence-corrected chi connectivity index (χ1v) is 17.0. The van der Waals surface area contributed by atoms with Crippen LogP contribution in [0.15, 0.2) is 35.1 Å². The van der Waals surface area contributed by atoms with Crippen molar-refractivity contribution >= 4 is 23.2 Å². The van der Waals surface area contributed by atoms with Crippen molar-refractivity contribution in [2.45, 2.75) is 85.4 Å². The van der Waals surface area contributed by atoms with Crippen LogP contribution in [-0.4, -0.2) is 189 Å². The molecule has 5 aliphatic rings. The number of nitrogens with two attached hydrogens (primary N) is 1. The van der Waals surface area contributed by atoms with Gasteiger partial charge in [0.1, 0.15) is 72.2 Å². The number of likely N-dealkylation sites (N-methyl/N-ethyl adjacent to an activating group) is 1. The number of ether oxygens (including phenoxy) is 3. The van der Waals surface area contributed by atoms with Crippen molar-refractivity contribution < 1.29 is 95.0 Å². The molecule has 14 atom stereocenters. The SMILES string of the molecule is CN(C)[C@@H]1C(=O)C(C(N)=O)=C(O)[C@@]2(O)C(=O)C3=C(O)c4c(O)cccc4[C@@](C)(O)[C@H]3C[C@@H]12.OC[C@H]1O[C@@](CO)(O[C@H]2O[C@H](CO)[C@@H](O)[C@H](O)[C@H]2O)[C@@H](O)[C@@H]1O. The summed E-state index contributed by atoms with van der Waals surface area (Å²) in [6.07, 6.45) is -12.9. The number of benzene rings is 1. The van der Waals surface area contributed by atoms with Crippen LogP contribution < -0.4 is 5.73 Å². The average Bonchev–Trinajstić information content (AvgIpc) is 3.37. The van der Waals surface area contributed by atoms with Gasteiger partial charge in [-0.1, -0.05) is 12.1 Å². The number of phenols is 1. The van der Waals surface area contributed by atoms with E-state index in [1.807, 2.05) is 0 Å². The zero-order valence-corrected chi connectivity index (χ0v) is 29.7. The van der Waals surface area contributed by atoms with Gasteiger partial charge in [-0.15, -0.1) is 0 Å². The summed E-state index contributed by atoms with van der Waals surface area (Å²) in [6, 6.07) is 3.02. The molecule has 0 unspecified atom stereocenters. The van der Waals surface area contributed by atoms with Crippen molar-refractivity contribution in [2.24, 2.45) is 17.6 Å². The number of rotatable bonds is 7. The number of carbonyl (C=O) groups excluding carboxylic acids is 3. The highest BCUT2D eigenvalue weighted by atomic mass is 16.8. The molecule has 0 radical (unpaired) electrons. The number of carbonyl (C=O) groups is 3. The second kappa shape index (κ2) is 15.0. The smallest absolute Gasteiger partial charge is 0.255 e. The van der Waals surface area contributed by atoms with E-state index >= 15 is 0 Å². The molecular formula is C34H46N2O19. The van der Waals surface area contributed by atoms with Crippen LogP contribution in [0.4, 0.5) is 0 Å². The number of phenolic OH excluding ortho intramolecular Hbond substituents is 1. The molecular weight excluding hydrogens is 740 g/mol. The molecule has 2 heterocycles. The molecule has 15 N–H and O–H groups in total. The van der Waals surface area contributed by atoms with Gasteiger partial charge < -0.3 is 86.3 Å². The molecule has 1 saturated carbocycles. The number of ketones is 2. The van der Waals surface area contributed by atoms with Crippen LogP contribution >= 0.6 is 0 Å². The summed E-state index contributed by atoms with van der Waals surface area (Å²) in [5.41, 5.74) is -0.548. The zero-order chi connectivity index (χ0) is 41.3. The van der Waals surface area contributed by atoms with E-state index in [1.54, 1.807) is 0 Å². The average molecular weight is 787 g/mol. The molecule has 0 aromatic heterocycles. The van der Waals surface area contributed by atoms with E-state index in [4.69, 9.17) is 30.2 Å². The third kappa shape index (κ3) is 6.43. The Bertz CT molecular complexity index is 1760. The predicted molar refractivity (Wildman–Crippen MR) is 179 cm³/mol. The van der Waals surface area contributed by atoms with Gasteiger partial charge in [-0.3, -0.25) is 19.3 Å². The van der Waals surface area contributed by atoms with Gasteiger partial charge in [-0.25, -0.2) is 0 Å². The first kappa shape index (κ1) is 42.5. The second-order valence-electron chi connectivity index (χ2n) is 14.5. The fraction of sp³-hybridized carbons (Fsp3) is 0.618. The van der Waals surface area contributed by atoms with Crippen LogP contribution in [0.3, 0.4) is 0 Å². The number of nitrogens with zero attached hydrogens (tertiary/aromatic N) is 1. The van der Waals surface area contributed by atoms with Crippen LogP contribution in [0.5, 0.6) is 5.75 Å². The number of hydrogen-bond acceptors (Lipinski definition) is 20. The molecule has 1 amide bonds. The van der Waals surface area contributed by atoms with E-state index in [2.05, 4.69) is 0 Å². The maximum absolute atomic E-state index is 13.7. The van der Waals surface area contributed by atoms with Gasteiger partial charge in [0.25, 0.3) is 5.91 Å². The molecule has 21 heteroatoms. The van der Waals surface area contributed by atoms with Gasteiger partial charge in [-0.2, -0.15) is 0 Å². The van der Waals surface area contributed by atoms with Crippen LogP contribution in [0.2, 0.25) is 0 Å². The lowest BCUT2D eigenvalue weighted by Gasteiger charge is -2.53. The summed E-state index contributed by atoms with van der Waals surface area (Å²) >= 11 is 0. The molecule has 2 saturated heterocycles. The Morgan fingerprint density at radius 2 is 1.56 bits per heavy atom. The number of aliphatic hydroxyl groups is 12. The highest BCUT2D eigenvalue weighted by Gasteiger charge is 2.66. The Morgan fingerprint density at radius 3 is 2.09 bits per heavy atom. The number of amides is 1. The minimum Gasteiger partial charge on any atom is -0.508 e. The van der Waals surface area contributed by atoms with Gasteiger partial charge in [0, 0.05) is 17.4 Å². The summed E-state index contributed by atoms with van der Waals surface area (Å²) in [7, 11) is 3.01. The molecule has 1 aromatic carbocycles. The number of aromatic hydroxyl groups is 1. The molecule has 1 aromatic rings. The molecule has 6 rings (SSSR count). The molecule has 0 bridgehead atoms. The first-order chi connectivity index (χ1) is 25.6. The van der Waals surface area contributed by atoms with Crippen LogP contribution in [-0.2, 0) is 34.2 Å². The van der Waals surface area contributed by atoms with E-state index in [0.717, 1.165) is 0 Å². The maximum atomic E-state index is 13.7. The lowest BCUT2D eigenvalue weighted by atomic mass is 9.54. The van der Waals surface area contributed by atoms with Crippen molar-refractivity contribution in [1.29, 1.82) is 0 Å². The van der Waals surface area contributed by atoms with Crippen LogP contribution in [0, 0.1) is 11.8 Å². The lowest BCUT2D eigenvalue weighted by molar-refractivity contribution is -0.383. The van der Waals surface area contributed by atoms with E-state index < -0.39 is 150 Å². The Morgan fingerprint density at radius 1 is 0.945 bits per heavy atom. The number of Topliss-reactive ketones (excluding diaryl/α,β-unsaturated/α-hetero) is 2. The largest absolute Gasteiger partial charge is 0.508 e. The van der Waals surface area contributed by atoms with Gasteiger partial charge >= 0.3 is 0 Å². The number of hydrogen-bond donors (Lipinski definition) is 14. The minimum atomic E-state index is -2.75. The van der Waals surface area contributed by atoms with Crippen molar-refractivity contribution in [3.8, 4) is 5.75 Å². The summed E-state index contributed by atoms with van der Waals surface area (Å²) in [5, 5.41) is 132. The second-order valence-corrected chi connectivity index (χ2v) is 14.5. The number of primary amides is 1. The molecule has 0 spiro atoms. The van der Waals surface area contributed by atoms with E-state index in [0.29, 0.717) is 0 Å². The quantitative estimate of drug-likeness (QED) is 0.114. The maximum Gasteiger partial charge on any atom is 0.255 e. The Balaban J connectivity index is 0.000000223. The summed E-state index contributed by atoms with van der Waals surface area (Å²) in [5.74, 6) is -10.1. The third-order valence-electron chi connectivity index (χ3n) is 11.1. The van der Waals surface area contributed by atoms with Gasteiger partial charge in [0.05, 0.1) is 30.4 Å². The van der Waals surface area contributed by atoms with Crippen molar-refractivity contribution in [2.75, 3.05) is 33.9 Å². The standard InChI is InChI=1S/C22H24N2O8.C12H22O11/c1-21(31)8-5-4-6-11(25)12(8)16(26)13-9(21)7-10-15(24(2)3)17(27)14(20(23)30)19(29)22(10,32)18(13)28;13-1-4-6(16)8(18)9(19)11(21-4)23-12(3-15)10(20)7(17)5(2-14)22-12/h4-6,9-10,15,25-26,29,31-32H,7H2,1-3H3,(H2,23,30);4-11,13-20H,1-3H2/t9-,10-,15-,21+,22-;4-,5-,6-,7-,8+,9-,10+,11-,12+/m01/s1. The van der Waals surface area contributed by atoms with Crippen molar-refractivity contribution in [1.82, 2.24) is 4.90 Å². The summed E-state index contributed by atoms with van der Waals surface area (Å²) in [4.78, 5) is 40.0. The minimum absolute atomic E-state index is 0.170. The normalized spacial score (nSPS) is 41.4. The lowest BCUT2D eigenvalue weighted by Crippen LogP contribution is -2.67. The molecule has 2 aliphatic heterocycles. The topological polar surface area (TPSA) is 371 Å². The Labute approximate surface area is 311 Å². The molecule has 21 nitrogen and oxygen atoms in total. The van der Waals surface area contributed by atoms with E-state index in [1.165, 1.54) is 44.1 Å². The highest BCUT2D eigenvalue weighted by Crippen LogP contribution is 2.57. The number of fused-ring (bicyclic) bond motifs is 3. The summed E-state index contributed by atoms with van der Waals surface area (Å²) < 4.78 is 15.4. The third-order valence-corrected chi connectivity index (χ3v) is 11.1. The Hall–Kier alpha value is -3.65. The highest BCUT2D eigenvalue weighted by molar-refractivity contribution is 6.24. The molecule has 3 fully saturated rings. The first-order valence-electron chi connectivity index (χ1n) is 17.0. The van der Waals surface area contributed by atoms with E-state index in [9.17, 15) is 70.6 Å². The van der Waals surface area contributed by atoms with Crippen LogP contribution in [0.1, 0.15) is 24.5 Å². The fourth-order valence-electron chi connectivity index (χ4n) is 8.13. The fourth-order valence-corrected chi connectivity index (χ4v) is 8.13. The Kier molecular flexibility index (Phi) is 11.6. The summed E-state index contributed by atoms with van der Waals surface area (Å²) in [6.45, 7) is -0.920. The van der Waals surface area contributed by atoms with Crippen LogP contribution in [0.25, 0.3) is 5.76 Å². The van der Waals surface area contributed by atoms with Gasteiger partial charge in [0.2, 0.25) is 11.6 Å². The predicted octanol–water partition coefficient (Wildman–Crippen LogP) is -5.77.